The summed E-state index contributed by atoms with van der Waals surface area (Å²) in [5.41, 5.74) is 4.88. The highest BCUT2D eigenvalue weighted by Crippen LogP contribution is 2.29. The first-order valence-electron chi connectivity index (χ1n) is 13.4. The van der Waals surface area contributed by atoms with Gasteiger partial charge in [0.25, 0.3) is 21.8 Å². The van der Waals surface area contributed by atoms with Gasteiger partial charge in [0.15, 0.2) is 6.61 Å². The van der Waals surface area contributed by atoms with Crippen LogP contribution in [0, 0.1) is 13.8 Å². The molecule has 0 radical (unpaired) electrons. The Balaban J connectivity index is 1.35. The second-order valence-electron chi connectivity index (χ2n) is 9.85. The van der Waals surface area contributed by atoms with Gasteiger partial charge in [0.1, 0.15) is 12.3 Å². The summed E-state index contributed by atoms with van der Waals surface area (Å²) < 4.78 is 39.2. The molecular weight excluding hydrogens is 580 g/mol. The van der Waals surface area contributed by atoms with Crippen molar-refractivity contribution in [2.45, 2.75) is 37.7 Å². The summed E-state index contributed by atoms with van der Waals surface area (Å²) >= 11 is 6.08. The molecule has 3 aromatic rings. The fourth-order valence-corrected chi connectivity index (χ4v) is 5.98. The number of nitrogens with one attached hydrogen (secondary N) is 2. The predicted octanol–water partition coefficient (Wildman–Crippen LogP) is 3.98. The van der Waals surface area contributed by atoms with Gasteiger partial charge in [-0.1, -0.05) is 29.3 Å². The average molecular weight is 613 g/mol. The fourth-order valence-electron chi connectivity index (χ4n) is 4.26. The number of benzene rings is 3. The van der Waals surface area contributed by atoms with Gasteiger partial charge in [-0.2, -0.15) is 5.10 Å². The normalized spacial score (nSPS) is 15.0. The van der Waals surface area contributed by atoms with Gasteiger partial charge in [0.05, 0.1) is 22.9 Å². The molecule has 1 fully saturated rings. The van der Waals surface area contributed by atoms with Crippen LogP contribution < -0.4 is 19.8 Å². The summed E-state index contributed by atoms with van der Waals surface area (Å²) in [6.07, 6.45) is 3.43. The van der Waals surface area contributed by atoms with Crippen LogP contribution in [0.5, 0.6) is 5.75 Å². The van der Waals surface area contributed by atoms with E-state index in [1.807, 2.05) is 6.92 Å². The largest absolute Gasteiger partial charge is 0.484 e. The number of rotatable bonds is 12. The van der Waals surface area contributed by atoms with Gasteiger partial charge in [-0.3, -0.25) is 13.9 Å². The lowest BCUT2D eigenvalue weighted by molar-refractivity contribution is -0.123. The molecule has 10 nitrogen and oxygen atoms in total. The summed E-state index contributed by atoms with van der Waals surface area (Å²) in [5.74, 6) is -0.366. The Labute approximate surface area is 250 Å². The minimum absolute atomic E-state index is 0.0568. The van der Waals surface area contributed by atoms with Crippen LogP contribution in [0.3, 0.4) is 0 Å². The summed E-state index contributed by atoms with van der Waals surface area (Å²) in [5, 5.41) is 7.22. The Morgan fingerprint density at radius 1 is 1.07 bits per heavy atom. The molecule has 3 aromatic carbocycles. The van der Waals surface area contributed by atoms with E-state index >= 15 is 0 Å². The van der Waals surface area contributed by atoms with E-state index in [-0.39, 0.29) is 23.5 Å². The molecular formula is C30H33ClN4O6S. The van der Waals surface area contributed by atoms with Crippen molar-refractivity contribution in [2.75, 3.05) is 30.6 Å². The highest BCUT2D eigenvalue weighted by molar-refractivity contribution is 7.92. The Morgan fingerprint density at radius 3 is 2.48 bits per heavy atom. The van der Waals surface area contributed by atoms with E-state index in [4.69, 9.17) is 21.1 Å². The van der Waals surface area contributed by atoms with Gasteiger partial charge in [-0.05, 0) is 92.4 Å². The van der Waals surface area contributed by atoms with E-state index in [1.54, 1.807) is 61.5 Å². The molecule has 0 saturated carbocycles. The van der Waals surface area contributed by atoms with Crippen molar-refractivity contribution in [3.63, 3.8) is 0 Å². The first-order chi connectivity index (χ1) is 20.1. The molecule has 2 amide bonds. The number of nitrogens with zero attached hydrogens (tertiary/aromatic N) is 2. The van der Waals surface area contributed by atoms with Crippen LogP contribution in [-0.2, 0) is 24.3 Å². The smallest absolute Gasteiger partial charge is 0.264 e. The van der Waals surface area contributed by atoms with Crippen molar-refractivity contribution in [3.05, 3.63) is 88.4 Å². The van der Waals surface area contributed by atoms with Gasteiger partial charge < -0.3 is 14.8 Å². The Bertz CT molecular complexity index is 1520. The van der Waals surface area contributed by atoms with E-state index in [9.17, 15) is 18.0 Å². The maximum Gasteiger partial charge on any atom is 0.264 e. The molecule has 1 aliphatic rings. The molecule has 4 rings (SSSR count). The van der Waals surface area contributed by atoms with Gasteiger partial charge in [-0.25, -0.2) is 13.8 Å². The zero-order valence-corrected chi connectivity index (χ0v) is 25.0. The predicted molar refractivity (Wildman–Crippen MR) is 162 cm³/mol. The molecule has 1 atom stereocenters. The van der Waals surface area contributed by atoms with E-state index in [1.165, 1.54) is 18.3 Å². The molecule has 1 aliphatic heterocycles. The quantitative estimate of drug-likeness (QED) is 0.235. The lowest BCUT2D eigenvalue weighted by Gasteiger charge is -2.25. The van der Waals surface area contributed by atoms with Crippen LogP contribution in [-0.4, -0.2) is 58.9 Å². The van der Waals surface area contributed by atoms with Crippen molar-refractivity contribution in [1.29, 1.82) is 0 Å². The van der Waals surface area contributed by atoms with Crippen molar-refractivity contribution in [2.24, 2.45) is 5.10 Å². The first kappa shape index (κ1) is 31.0. The number of ether oxygens (including phenoxy) is 2. The summed E-state index contributed by atoms with van der Waals surface area (Å²) in [6, 6.07) is 17.9. The topological polar surface area (TPSA) is 126 Å². The molecule has 0 spiro atoms. The van der Waals surface area contributed by atoms with Crippen LogP contribution in [0.15, 0.2) is 76.7 Å². The number of anilines is 1. The second-order valence-corrected chi connectivity index (χ2v) is 12.1. The number of carbonyl (C=O) groups excluding carboxylic acids is 2. The number of hydrazone groups is 1. The molecule has 42 heavy (non-hydrogen) atoms. The number of amides is 2. The minimum atomic E-state index is -4.07. The number of aryl methyl sites for hydroxylation is 2. The summed E-state index contributed by atoms with van der Waals surface area (Å²) in [4.78, 5) is 24.9. The fraction of sp³-hybridized carbons (Fsp3) is 0.300. The third-order valence-electron chi connectivity index (χ3n) is 6.53. The molecule has 0 bridgehead atoms. The second kappa shape index (κ2) is 14.3. The average Bonchev–Trinajstić information content (AvgIpc) is 3.49. The third-order valence-corrected chi connectivity index (χ3v) is 8.54. The van der Waals surface area contributed by atoms with E-state index in [2.05, 4.69) is 15.8 Å². The number of halogens is 1. The number of hydrogen-bond acceptors (Lipinski definition) is 7. The number of sulfonamides is 1. The molecule has 1 saturated heterocycles. The van der Waals surface area contributed by atoms with Crippen molar-refractivity contribution >= 4 is 45.3 Å². The Hall–Kier alpha value is -3.93. The SMILES string of the molecule is Cc1ccc(S(=O)(=O)N(CC(=O)N/N=C\c2ccc(OCC(=O)NC[C@H]3CCCO3)cc2)c2ccc(Cl)cc2C)cc1. The molecule has 0 unspecified atom stereocenters. The van der Waals surface area contributed by atoms with Gasteiger partial charge in [0.2, 0.25) is 0 Å². The van der Waals surface area contributed by atoms with Crippen LogP contribution in [0.1, 0.15) is 29.5 Å². The lowest BCUT2D eigenvalue weighted by Crippen LogP contribution is -2.40. The van der Waals surface area contributed by atoms with E-state index in [0.29, 0.717) is 34.1 Å². The molecule has 0 aromatic heterocycles. The lowest BCUT2D eigenvalue weighted by atomic mass is 10.2. The van der Waals surface area contributed by atoms with Crippen molar-refractivity contribution in [3.8, 4) is 5.75 Å². The number of carbonyl (C=O) groups is 2. The summed E-state index contributed by atoms with van der Waals surface area (Å²) in [6.45, 7) is 4.16. The molecule has 2 N–H and O–H groups in total. The highest BCUT2D eigenvalue weighted by Gasteiger charge is 2.28. The van der Waals surface area contributed by atoms with Crippen molar-refractivity contribution < 1.29 is 27.5 Å². The zero-order chi connectivity index (χ0) is 30.1. The Kier molecular flexibility index (Phi) is 10.6. The van der Waals surface area contributed by atoms with Crippen LogP contribution in [0.25, 0.3) is 0 Å². The Morgan fingerprint density at radius 2 is 1.81 bits per heavy atom. The standard InChI is InChI=1S/C30H33ClN4O6S/c1-21-5-12-27(13-6-21)42(38,39)35(28-14-9-24(31)16-22(28)2)19-29(36)34-33-17-23-7-10-25(11-8-23)41-20-30(37)32-18-26-4-3-15-40-26/h5-14,16-17,26H,3-4,15,18-20H2,1-2H3,(H,32,37)(H,34,36)/b33-17-/t26-/m1/s1. The maximum absolute atomic E-state index is 13.6. The number of hydrogen-bond donors (Lipinski definition) is 2. The molecule has 1 heterocycles. The van der Waals surface area contributed by atoms with Gasteiger partial charge in [-0.15, -0.1) is 0 Å². The monoisotopic (exact) mass is 612 g/mol. The molecule has 12 heteroatoms. The molecule has 0 aliphatic carbocycles. The van der Waals surface area contributed by atoms with Crippen LogP contribution in [0.2, 0.25) is 5.02 Å². The third kappa shape index (κ3) is 8.54. The van der Waals surface area contributed by atoms with Crippen LogP contribution in [0.4, 0.5) is 5.69 Å². The van der Waals surface area contributed by atoms with Crippen molar-refractivity contribution in [1.82, 2.24) is 10.7 Å². The van der Waals surface area contributed by atoms with Crippen LogP contribution >= 0.6 is 11.6 Å². The minimum Gasteiger partial charge on any atom is -0.484 e. The summed E-state index contributed by atoms with van der Waals surface area (Å²) in [7, 11) is -4.07. The maximum atomic E-state index is 13.6. The first-order valence-corrected chi connectivity index (χ1v) is 15.2. The zero-order valence-electron chi connectivity index (χ0n) is 23.4. The van der Waals surface area contributed by atoms with Gasteiger partial charge >= 0.3 is 0 Å². The van der Waals surface area contributed by atoms with E-state index < -0.39 is 22.5 Å². The van der Waals surface area contributed by atoms with Gasteiger partial charge in [0, 0.05) is 18.2 Å². The molecule has 222 valence electrons. The van der Waals surface area contributed by atoms with E-state index in [0.717, 1.165) is 29.3 Å². The highest BCUT2D eigenvalue weighted by atomic mass is 35.5.